The Morgan fingerprint density at radius 2 is 1.93 bits per heavy atom. The standard InChI is InChI=1S/C11H8N2O/c1-7-3-2-4-9-8(7)5-6-10(13-12)11(9)14/h2-6H,1H3/p+1. The van der Waals surface area contributed by atoms with E-state index in [0.29, 0.717) is 5.39 Å². The molecule has 0 aliphatic rings. The summed E-state index contributed by atoms with van der Waals surface area (Å²) in [6.45, 7) is 1.97. The highest BCUT2D eigenvalue weighted by Gasteiger charge is 2.15. The Hall–Kier alpha value is -2.08. The van der Waals surface area contributed by atoms with E-state index in [0.717, 1.165) is 10.9 Å². The van der Waals surface area contributed by atoms with Crippen LogP contribution in [-0.2, 0) is 0 Å². The fourth-order valence-corrected chi connectivity index (χ4v) is 1.57. The van der Waals surface area contributed by atoms with Crippen LogP contribution in [0.3, 0.4) is 0 Å². The number of phenols is 1. The highest BCUT2D eigenvalue weighted by Crippen LogP contribution is 2.35. The maximum Gasteiger partial charge on any atom is 0.426 e. The van der Waals surface area contributed by atoms with Crippen molar-refractivity contribution in [1.82, 2.24) is 0 Å². The lowest BCUT2D eigenvalue weighted by atomic mass is 10.0. The van der Waals surface area contributed by atoms with Crippen molar-refractivity contribution >= 4 is 16.5 Å². The van der Waals surface area contributed by atoms with Gasteiger partial charge in [-0.15, -0.1) is 0 Å². The smallest absolute Gasteiger partial charge is 0.426 e. The van der Waals surface area contributed by atoms with Crippen molar-refractivity contribution < 1.29 is 5.11 Å². The Bertz CT molecular complexity index is 541. The van der Waals surface area contributed by atoms with Crippen LogP contribution < -0.4 is 0 Å². The molecule has 0 saturated carbocycles. The first-order valence-corrected chi connectivity index (χ1v) is 4.30. The van der Waals surface area contributed by atoms with Crippen LogP contribution in [0.2, 0.25) is 0 Å². The molecular weight excluding hydrogens is 176 g/mol. The summed E-state index contributed by atoms with van der Waals surface area (Å²) in [6, 6.07) is 9.05. The van der Waals surface area contributed by atoms with Crippen LogP contribution in [0.25, 0.3) is 15.7 Å². The average molecular weight is 185 g/mol. The van der Waals surface area contributed by atoms with E-state index in [1.54, 1.807) is 12.1 Å². The molecule has 68 valence electrons. The van der Waals surface area contributed by atoms with Gasteiger partial charge in [-0.1, -0.05) is 18.2 Å². The van der Waals surface area contributed by atoms with Crippen molar-refractivity contribution in [2.45, 2.75) is 6.92 Å². The van der Waals surface area contributed by atoms with Crippen molar-refractivity contribution in [1.29, 1.82) is 5.39 Å². The van der Waals surface area contributed by atoms with Crippen molar-refractivity contribution in [3.63, 3.8) is 0 Å². The summed E-state index contributed by atoms with van der Waals surface area (Å²) < 4.78 is 0. The Morgan fingerprint density at radius 3 is 2.64 bits per heavy atom. The predicted molar refractivity (Wildman–Crippen MR) is 55.1 cm³/mol. The first-order valence-electron chi connectivity index (χ1n) is 4.30. The first-order chi connectivity index (χ1) is 6.74. The van der Waals surface area contributed by atoms with Crippen molar-refractivity contribution in [3.8, 4) is 5.75 Å². The lowest BCUT2D eigenvalue weighted by Crippen LogP contribution is -1.78. The van der Waals surface area contributed by atoms with E-state index >= 15 is 0 Å². The second-order valence-corrected chi connectivity index (χ2v) is 3.20. The summed E-state index contributed by atoms with van der Waals surface area (Å²) >= 11 is 0. The van der Waals surface area contributed by atoms with Gasteiger partial charge in [-0.05, 0) is 23.9 Å². The number of rotatable bonds is 0. The largest absolute Gasteiger partial charge is 0.501 e. The topological polar surface area (TPSA) is 48.4 Å². The summed E-state index contributed by atoms with van der Waals surface area (Å²) in [5.74, 6) is 0.0219. The molecule has 2 rings (SSSR count). The zero-order valence-electron chi connectivity index (χ0n) is 7.73. The van der Waals surface area contributed by atoms with E-state index in [1.165, 1.54) is 0 Å². The number of aryl methyl sites for hydroxylation is 1. The van der Waals surface area contributed by atoms with E-state index < -0.39 is 0 Å². The van der Waals surface area contributed by atoms with Gasteiger partial charge in [-0.3, -0.25) is 0 Å². The lowest BCUT2D eigenvalue weighted by Gasteiger charge is -2.00. The molecule has 0 heterocycles. The Morgan fingerprint density at radius 1 is 1.14 bits per heavy atom. The SMILES string of the molecule is Cc1cccc2c(O)c([N+]#N)ccc12. The minimum atomic E-state index is 0.0219. The number of hydrogen-bond donors (Lipinski definition) is 1. The Kier molecular flexibility index (Phi) is 1.83. The first kappa shape index (κ1) is 8.52. The molecule has 3 heteroatoms. The maximum absolute atomic E-state index is 9.72. The van der Waals surface area contributed by atoms with Gasteiger partial charge in [0.25, 0.3) is 0 Å². The van der Waals surface area contributed by atoms with Gasteiger partial charge < -0.3 is 5.11 Å². The number of phenolic OH excluding ortho intramolecular Hbond substituents is 1. The third kappa shape index (κ3) is 1.09. The Labute approximate surface area is 81.2 Å². The van der Waals surface area contributed by atoms with Crippen molar-refractivity contribution in [2.75, 3.05) is 0 Å². The average Bonchev–Trinajstić information content (AvgIpc) is 2.20. The highest BCUT2D eigenvalue weighted by molar-refractivity contribution is 5.95. The van der Waals surface area contributed by atoms with Crippen LogP contribution in [-0.4, -0.2) is 5.11 Å². The molecule has 0 aromatic heterocycles. The highest BCUT2D eigenvalue weighted by atomic mass is 16.3. The van der Waals surface area contributed by atoms with E-state index in [2.05, 4.69) is 4.98 Å². The molecule has 0 saturated heterocycles. The van der Waals surface area contributed by atoms with E-state index in [9.17, 15) is 5.11 Å². The molecule has 0 amide bonds. The molecule has 0 spiro atoms. The van der Waals surface area contributed by atoms with Crippen LogP contribution in [0, 0.1) is 12.3 Å². The number of nitrogens with zero attached hydrogens (tertiary/aromatic N) is 2. The zero-order chi connectivity index (χ0) is 10.1. The monoisotopic (exact) mass is 185 g/mol. The molecule has 3 nitrogen and oxygen atoms in total. The van der Waals surface area contributed by atoms with Crippen LogP contribution in [0.15, 0.2) is 30.3 Å². The number of diazo groups is 1. The Balaban J connectivity index is 2.92. The summed E-state index contributed by atoms with van der Waals surface area (Å²) in [5.41, 5.74) is 1.28. The number of benzene rings is 2. The van der Waals surface area contributed by atoms with Gasteiger partial charge in [0.2, 0.25) is 11.1 Å². The molecule has 2 aromatic rings. The summed E-state index contributed by atoms with van der Waals surface area (Å²) in [5, 5.41) is 20.0. The van der Waals surface area contributed by atoms with Gasteiger partial charge in [0, 0.05) is 11.5 Å². The fourth-order valence-electron chi connectivity index (χ4n) is 1.57. The zero-order valence-corrected chi connectivity index (χ0v) is 7.73. The minimum Gasteiger partial charge on any atom is -0.501 e. The van der Waals surface area contributed by atoms with Crippen LogP contribution >= 0.6 is 0 Å². The number of fused-ring (bicyclic) bond motifs is 1. The molecule has 0 fully saturated rings. The third-order valence-corrected chi connectivity index (χ3v) is 2.34. The van der Waals surface area contributed by atoms with Crippen LogP contribution in [0.4, 0.5) is 5.69 Å². The maximum atomic E-state index is 9.72. The number of aromatic hydroxyl groups is 1. The molecule has 0 aliphatic heterocycles. The van der Waals surface area contributed by atoms with E-state index in [1.807, 2.05) is 25.1 Å². The number of hydrogen-bond acceptors (Lipinski definition) is 2. The summed E-state index contributed by atoms with van der Waals surface area (Å²) in [7, 11) is 0. The quantitative estimate of drug-likeness (QED) is 0.640. The molecule has 1 N–H and O–H groups in total. The van der Waals surface area contributed by atoms with Gasteiger partial charge in [-0.2, -0.15) is 0 Å². The lowest BCUT2D eigenvalue weighted by molar-refractivity contribution is 0.484. The summed E-state index contributed by atoms with van der Waals surface area (Å²) in [6.07, 6.45) is 0. The molecule has 0 bridgehead atoms. The molecular formula is C11H9N2O+. The van der Waals surface area contributed by atoms with E-state index in [4.69, 9.17) is 5.39 Å². The molecule has 0 aliphatic carbocycles. The fraction of sp³-hybridized carbons (Fsp3) is 0.0909. The molecule has 0 atom stereocenters. The molecule has 0 unspecified atom stereocenters. The third-order valence-electron chi connectivity index (χ3n) is 2.34. The van der Waals surface area contributed by atoms with Gasteiger partial charge >= 0.3 is 5.69 Å². The minimum absolute atomic E-state index is 0.0219. The van der Waals surface area contributed by atoms with Gasteiger partial charge in [0.05, 0.1) is 0 Å². The van der Waals surface area contributed by atoms with Gasteiger partial charge in [0.15, 0.2) is 4.98 Å². The van der Waals surface area contributed by atoms with Crippen molar-refractivity contribution in [2.24, 2.45) is 0 Å². The van der Waals surface area contributed by atoms with Crippen molar-refractivity contribution in [3.05, 3.63) is 40.9 Å². The van der Waals surface area contributed by atoms with Gasteiger partial charge in [0.1, 0.15) is 0 Å². The second kappa shape index (κ2) is 3.00. The second-order valence-electron chi connectivity index (χ2n) is 3.20. The summed E-state index contributed by atoms with van der Waals surface area (Å²) in [4.78, 5) is 3.00. The van der Waals surface area contributed by atoms with Gasteiger partial charge in [-0.25, -0.2) is 0 Å². The molecule has 2 aromatic carbocycles. The van der Waals surface area contributed by atoms with E-state index in [-0.39, 0.29) is 11.4 Å². The normalized spacial score (nSPS) is 10.0. The molecule has 0 radical (unpaired) electrons. The van der Waals surface area contributed by atoms with Crippen LogP contribution in [0.1, 0.15) is 5.56 Å². The molecule has 14 heavy (non-hydrogen) atoms. The van der Waals surface area contributed by atoms with Crippen LogP contribution in [0.5, 0.6) is 5.75 Å². The predicted octanol–water partition coefficient (Wildman–Crippen LogP) is 3.34.